The molecule has 2 N–H and O–H groups in total. The number of nitrogens with one attached hydrogen (secondary N) is 2. The quantitative estimate of drug-likeness (QED) is 0.575. The molecular weight excluding hydrogens is 418 g/mol. The van der Waals surface area contributed by atoms with E-state index in [1.165, 1.54) is 7.11 Å². The summed E-state index contributed by atoms with van der Waals surface area (Å²) >= 11 is 6.27. The van der Waals surface area contributed by atoms with Crippen LogP contribution in [0.2, 0.25) is 5.02 Å². The fraction of sp³-hybridized carbons (Fsp3) is 0.261. The van der Waals surface area contributed by atoms with Crippen molar-refractivity contribution >= 4 is 46.0 Å². The van der Waals surface area contributed by atoms with Crippen molar-refractivity contribution in [2.45, 2.75) is 25.3 Å². The Hall–Kier alpha value is -3.32. The summed E-state index contributed by atoms with van der Waals surface area (Å²) in [5.41, 5.74) is 2.66. The van der Waals surface area contributed by atoms with Gasteiger partial charge < -0.3 is 19.9 Å². The number of hydrogen-bond acceptors (Lipinski definition) is 4. The first kappa shape index (κ1) is 20.9. The second-order valence-electron chi connectivity index (χ2n) is 7.43. The molecule has 1 aliphatic heterocycles. The molecule has 160 valence electrons. The number of H-pyrrole nitrogens is 1. The van der Waals surface area contributed by atoms with Gasteiger partial charge in [-0.25, -0.2) is 4.79 Å². The highest BCUT2D eigenvalue weighted by Crippen LogP contribution is 2.30. The van der Waals surface area contributed by atoms with E-state index in [9.17, 15) is 14.4 Å². The van der Waals surface area contributed by atoms with Crippen molar-refractivity contribution in [1.82, 2.24) is 10.3 Å². The normalized spacial score (nSPS) is 14.6. The SMILES string of the molecule is COC(=O)[C@@H](Cc1c[nH]c2ccccc12)NC(=O)c1ccc(Cl)c(N2CCCC2=O)c1. The number of halogens is 1. The molecule has 1 aliphatic rings. The average Bonchev–Trinajstić information content (AvgIpc) is 3.39. The van der Waals surface area contributed by atoms with Gasteiger partial charge in [0.15, 0.2) is 0 Å². The molecule has 1 saturated heterocycles. The van der Waals surface area contributed by atoms with Crippen LogP contribution in [0.4, 0.5) is 5.69 Å². The minimum absolute atomic E-state index is 0.0220. The molecule has 0 bridgehead atoms. The van der Waals surface area contributed by atoms with Crippen LogP contribution in [-0.4, -0.2) is 42.5 Å². The van der Waals surface area contributed by atoms with Crippen molar-refractivity contribution in [2.75, 3.05) is 18.6 Å². The molecule has 1 fully saturated rings. The number of carbonyl (C=O) groups excluding carboxylic acids is 3. The van der Waals surface area contributed by atoms with Gasteiger partial charge in [-0.1, -0.05) is 29.8 Å². The summed E-state index contributed by atoms with van der Waals surface area (Å²) in [4.78, 5) is 42.2. The third-order valence-electron chi connectivity index (χ3n) is 5.46. The number of rotatable bonds is 6. The second-order valence-corrected chi connectivity index (χ2v) is 7.84. The zero-order valence-corrected chi connectivity index (χ0v) is 17.7. The first-order valence-corrected chi connectivity index (χ1v) is 10.4. The molecule has 31 heavy (non-hydrogen) atoms. The zero-order valence-electron chi connectivity index (χ0n) is 17.0. The Morgan fingerprint density at radius 1 is 1.26 bits per heavy atom. The van der Waals surface area contributed by atoms with Gasteiger partial charge in [0.25, 0.3) is 5.91 Å². The number of aromatic nitrogens is 1. The molecule has 0 radical (unpaired) electrons. The molecule has 1 aromatic heterocycles. The van der Waals surface area contributed by atoms with E-state index in [1.807, 2.05) is 30.5 Å². The largest absolute Gasteiger partial charge is 0.467 e. The number of hydrogen-bond donors (Lipinski definition) is 2. The third-order valence-corrected chi connectivity index (χ3v) is 5.78. The van der Waals surface area contributed by atoms with Crippen LogP contribution in [0, 0.1) is 0 Å². The number of aromatic amines is 1. The van der Waals surface area contributed by atoms with Gasteiger partial charge in [-0.2, -0.15) is 0 Å². The number of amides is 2. The highest BCUT2D eigenvalue weighted by Gasteiger charge is 2.27. The average molecular weight is 440 g/mol. The molecule has 0 saturated carbocycles. The summed E-state index contributed by atoms with van der Waals surface area (Å²) in [6, 6.07) is 11.6. The number of ether oxygens (including phenoxy) is 1. The maximum absolute atomic E-state index is 13.0. The third kappa shape index (κ3) is 4.27. The molecule has 3 aromatic rings. The van der Waals surface area contributed by atoms with E-state index in [2.05, 4.69) is 10.3 Å². The Labute approximate surface area is 184 Å². The Morgan fingerprint density at radius 3 is 2.81 bits per heavy atom. The van der Waals surface area contributed by atoms with Gasteiger partial charge in [-0.05, 0) is 36.2 Å². The van der Waals surface area contributed by atoms with E-state index in [0.717, 1.165) is 22.9 Å². The fourth-order valence-corrected chi connectivity index (χ4v) is 4.08. The smallest absolute Gasteiger partial charge is 0.328 e. The van der Waals surface area contributed by atoms with Gasteiger partial charge in [0, 0.05) is 42.0 Å². The van der Waals surface area contributed by atoms with Crippen molar-refractivity contribution in [3.05, 3.63) is 64.8 Å². The molecular formula is C23H22ClN3O4. The van der Waals surface area contributed by atoms with Crippen molar-refractivity contribution < 1.29 is 19.1 Å². The summed E-state index contributed by atoms with van der Waals surface area (Å²) in [5, 5.41) is 4.14. The van der Waals surface area contributed by atoms with Gasteiger partial charge in [0.2, 0.25) is 5.91 Å². The van der Waals surface area contributed by atoms with E-state index < -0.39 is 17.9 Å². The number of methoxy groups -OCH3 is 1. The number of esters is 1. The van der Waals surface area contributed by atoms with Crippen LogP contribution in [0.5, 0.6) is 0 Å². The molecule has 0 spiro atoms. The van der Waals surface area contributed by atoms with E-state index in [0.29, 0.717) is 29.2 Å². The molecule has 2 heterocycles. The van der Waals surface area contributed by atoms with Gasteiger partial charge in [-0.15, -0.1) is 0 Å². The van der Waals surface area contributed by atoms with Gasteiger partial charge in [-0.3, -0.25) is 9.59 Å². The first-order valence-electron chi connectivity index (χ1n) is 10.0. The Balaban J connectivity index is 1.57. The lowest BCUT2D eigenvalue weighted by Gasteiger charge is -2.19. The molecule has 1 atom stereocenters. The predicted molar refractivity (Wildman–Crippen MR) is 118 cm³/mol. The van der Waals surface area contributed by atoms with Crippen LogP contribution >= 0.6 is 11.6 Å². The maximum atomic E-state index is 13.0. The van der Waals surface area contributed by atoms with Gasteiger partial charge >= 0.3 is 5.97 Å². The number of carbonyl (C=O) groups is 3. The van der Waals surface area contributed by atoms with Crippen molar-refractivity contribution in [2.24, 2.45) is 0 Å². The second kappa shape index (κ2) is 8.81. The number of fused-ring (bicyclic) bond motifs is 1. The summed E-state index contributed by atoms with van der Waals surface area (Å²) in [6.07, 6.45) is 3.31. The van der Waals surface area contributed by atoms with E-state index >= 15 is 0 Å². The first-order chi connectivity index (χ1) is 15.0. The predicted octanol–water partition coefficient (Wildman–Crippen LogP) is 3.46. The van der Waals surface area contributed by atoms with Crippen molar-refractivity contribution in [3.63, 3.8) is 0 Å². The van der Waals surface area contributed by atoms with Crippen LogP contribution in [0.1, 0.15) is 28.8 Å². The number of para-hydroxylation sites is 1. The molecule has 0 unspecified atom stereocenters. The van der Waals surface area contributed by atoms with Crippen LogP contribution in [-0.2, 0) is 20.7 Å². The van der Waals surface area contributed by atoms with Gasteiger partial charge in [0.1, 0.15) is 6.04 Å². The molecule has 4 rings (SSSR count). The Bertz CT molecular complexity index is 1160. The number of anilines is 1. The zero-order chi connectivity index (χ0) is 22.0. The summed E-state index contributed by atoms with van der Waals surface area (Å²) in [7, 11) is 1.29. The highest BCUT2D eigenvalue weighted by atomic mass is 35.5. The Kier molecular flexibility index (Phi) is 5.95. The molecule has 7 nitrogen and oxygen atoms in total. The Morgan fingerprint density at radius 2 is 2.06 bits per heavy atom. The van der Waals surface area contributed by atoms with Crippen LogP contribution in [0.25, 0.3) is 10.9 Å². The fourth-order valence-electron chi connectivity index (χ4n) is 3.86. The van der Waals surface area contributed by atoms with Gasteiger partial charge in [0.05, 0.1) is 17.8 Å². The van der Waals surface area contributed by atoms with Crippen molar-refractivity contribution in [1.29, 1.82) is 0 Å². The number of benzene rings is 2. The van der Waals surface area contributed by atoms with Crippen LogP contribution < -0.4 is 10.2 Å². The van der Waals surface area contributed by atoms with E-state index in [-0.39, 0.29) is 12.3 Å². The van der Waals surface area contributed by atoms with Crippen molar-refractivity contribution in [3.8, 4) is 0 Å². The summed E-state index contributed by atoms with van der Waals surface area (Å²) in [6.45, 7) is 0.564. The van der Waals surface area contributed by atoms with Crippen LogP contribution in [0.15, 0.2) is 48.7 Å². The minimum atomic E-state index is -0.871. The standard InChI is InChI=1S/C23H22ClN3O4/c1-31-23(30)19(11-15-13-25-18-6-3-2-5-16(15)18)26-22(29)14-8-9-17(24)20(12-14)27-10-4-7-21(27)28/h2-3,5-6,8-9,12-13,19,25H,4,7,10-11H2,1H3,(H,26,29)/t19-/m1/s1. The lowest BCUT2D eigenvalue weighted by atomic mass is 10.0. The minimum Gasteiger partial charge on any atom is -0.467 e. The topological polar surface area (TPSA) is 91.5 Å². The summed E-state index contributed by atoms with van der Waals surface area (Å²) in [5.74, 6) is -1.01. The van der Waals surface area contributed by atoms with E-state index in [1.54, 1.807) is 23.1 Å². The molecule has 0 aliphatic carbocycles. The summed E-state index contributed by atoms with van der Waals surface area (Å²) < 4.78 is 4.91. The maximum Gasteiger partial charge on any atom is 0.328 e. The molecule has 2 amide bonds. The number of nitrogens with zero attached hydrogens (tertiary/aromatic N) is 1. The lowest BCUT2D eigenvalue weighted by Crippen LogP contribution is -2.43. The monoisotopic (exact) mass is 439 g/mol. The lowest BCUT2D eigenvalue weighted by molar-refractivity contribution is -0.142. The van der Waals surface area contributed by atoms with E-state index in [4.69, 9.17) is 16.3 Å². The van der Waals surface area contributed by atoms with Crippen LogP contribution in [0.3, 0.4) is 0 Å². The highest BCUT2D eigenvalue weighted by molar-refractivity contribution is 6.34. The molecule has 8 heteroatoms. The molecule has 2 aromatic carbocycles.